The van der Waals surface area contributed by atoms with Gasteiger partial charge in [-0.25, -0.2) is 0 Å². The third-order valence-electron chi connectivity index (χ3n) is 3.56. The SMILES string of the molecule is CCN(Cc1cc(CNC)oc1C)c1ccc(C)cc1. The summed E-state index contributed by atoms with van der Waals surface area (Å²) in [4.78, 5) is 2.36. The lowest BCUT2D eigenvalue weighted by atomic mass is 10.2. The van der Waals surface area contributed by atoms with Gasteiger partial charge in [0.1, 0.15) is 11.5 Å². The van der Waals surface area contributed by atoms with Crippen LogP contribution in [-0.4, -0.2) is 13.6 Å². The molecule has 1 aromatic carbocycles. The highest BCUT2D eigenvalue weighted by Crippen LogP contribution is 2.21. The maximum Gasteiger partial charge on any atom is 0.118 e. The van der Waals surface area contributed by atoms with Crippen LogP contribution in [0.25, 0.3) is 0 Å². The zero-order valence-electron chi connectivity index (χ0n) is 12.9. The lowest BCUT2D eigenvalue weighted by Gasteiger charge is -2.23. The van der Waals surface area contributed by atoms with Gasteiger partial charge in [-0.1, -0.05) is 17.7 Å². The molecule has 0 saturated carbocycles. The van der Waals surface area contributed by atoms with Crippen molar-refractivity contribution in [3.63, 3.8) is 0 Å². The Labute approximate surface area is 121 Å². The summed E-state index contributed by atoms with van der Waals surface area (Å²) >= 11 is 0. The second-order valence-electron chi connectivity index (χ2n) is 5.17. The molecule has 0 bridgehead atoms. The maximum absolute atomic E-state index is 5.77. The first-order valence-corrected chi connectivity index (χ1v) is 7.18. The van der Waals surface area contributed by atoms with E-state index in [0.29, 0.717) is 0 Å². The molecule has 0 saturated heterocycles. The van der Waals surface area contributed by atoms with Crippen LogP contribution in [0.15, 0.2) is 34.7 Å². The van der Waals surface area contributed by atoms with Gasteiger partial charge in [-0.3, -0.25) is 0 Å². The lowest BCUT2D eigenvalue weighted by molar-refractivity contribution is 0.469. The fraction of sp³-hybridized carbons (Fsp3) is 0.412. The fourth-order valence-electron chi connectivity index (χ4n) is 2.35. The molecule has 108 valence electrons. The van der Waals surface area contributed by atoms with Gasteiger partial charge in [-0.05, 0) is 46.0 Å². The Hall–Kier alpha value is -1.74. The smallest absolute Gasteiger partial charge is 0.118 e. The molecule has 2 rings (SSSR count). The summed E-state index contributed by atoms with van der Waals surface area (Å²) in [7, 11) is 1.93. The van der Waals surface area contributed by atoms with E-state index in [-0.39, 0.29) is 0 Å². The standard InChI is InChI=1S/C17H24N2O/c1-5-19(16-8-6-13(2)7-9-16)12-15-10-17(11-18-4)20-14(15)3/h6-10,18H,5,11-12H2,1-4H3. The Morgan fingerprint density at radius 3 is 2.45 bits per heavy atom. The molecule has 0 fully saturated rings. The predicted molar refractivity (Wildman–Crippen MR) is 84.1 cm³/mol. The van der Waals surface area contributed by atoms with Gasteiger partial charge in [0.15, 0.2) is 0 Å². The van der Waals surface area contributed by atoms with Crippen LogP contribution in [0, 0.1) is 13.8 Å². The minimum Gasteiger partial charge on any atom is -0.465 e. The summed E-state index contributed by atoms with van der Waals surface area (Å²) in [5, 5.41) is 3.12. The van der Waals surface area contributed by atoms with Crippen LogP contribution in [0.1, 0.15) is 29.6 Å². The van der Waals surface area contributed by atoms with E-state index in [1.807, 2.05) is 14.0 Å². The van der Waals surface area contributed by atoms with Crippen LogP contribution in [0.5, 0.6) is 0 Å². The number of hydrogen-bond acceptors (Lipinski definition) is 3. The van der Waals surface area contributed by atoms with Crippen LogP contribution in [-0.2, 0) is 13.1 Å². The van der Waals surface area contributed by atoms with Gasteiger partial charge in [0.25, 0.3) is 0 Å². The third kappa shape index (κ3) is 3.42. The van der Waals surface area contributed by atoms with Crippen molar-refractivity contribution in [3.8, 4) is 0 Å². The molecule has 0 amide bonds. The van der Waals surface area contributed by atoms with Crippen molar-refractivity contribution >= 4 is 5.69 Å². The average Bonchev–Trinajstić information content (AvgIpc) is 2.78. The van der Waals surface area contributed by atoms with Crippen molar-refractivity contribution in [2.24, 2.45) is 0 Å². The molecule has 1 aromatic heterocycles. The number of nitrogens with zero attached hydrogens (tertiary/aromatic N) is 1. The molecule has 0 aliphatic carbocycles. The number of rotatable bonds is 6. The van der Waals surface area contributed by atoms with E-state index in [1.54, 1.807) is 0 Å². The molecule has 0 radical (unpaired) electrons. The highest BCUT2D eigenvalue weighted by atomic mass is 16.3. The summed E-state index contributed by atoms with van der Waals surface area (Å²) in [6.07, 6.45) is 0. The van der Waals surface area contributed by atoms with Gasteiger partial charge in [0.2, 0.25) is 0 Å². The van der Waals surface area contributed by atoms with E-state index in [0.717, 1.165) is 31.2 Å². The third-order valence-corrected chi connectivity index (χ3v) is 3.56. The lowest BCUT2D eigenvalue weighted by Crippen LogP contribution is -2.22. The molecule has 0 aliphatic rings. The summed E-state index contributed by atoms with van der Waals surface area (Å²) in [6, 6.07) is 10.8. The molecule has 1 heterocycles. The number of furan rings is 1. The van der Waals surface area contributed by atoms with Crippen LogP contribution >= 0.6 is 0 Å². The number of hydrogen-bond donors (Lipinski definition) is 1. The first-order chi connectivity index (χ1) is 9.63. The van der Waals surface area contributed by atoms with E-state index < -0.39 is 0 Å². The Kier molecular flexibility index (Phi) is 4.85. The molecule has 2 aromatic rings. The van der Waals surface area contributed by atoms with E-state index in [2.05, 4.69) is 54.4 Å². The second-order valence-corrected chi connectivity index (χ2v) is 5.17. The van der Waals surface area contributed by atoms with Crippen molar-refractivity contribution in [2.75, 3.05) is 18.5 Å². The molecule has 0 aliphatic heterocycles. The molecular formula is C17H24N2O. The molecule has 1 N–H and O–H groups in total. The Bertz CT molecular complexity index is 543. The quantitative estimate of drug-likeness (QED) is 0.870. The number of aryl methyl sites for hydroxylation is 2. The van der Waals surface area contributed by atoms with Crippen molar-refractivity contribution in [1.29, 1.82) is 0 Å². The first-order valence-electron chi connectivity index (χ1n) is 7.18. The summed E-state index contributed by atoms with van der Waals surface area (Å²) in [6.45, 7) is 8.98. The minimum absolute atomic E-state index is 0.775. The molecule has 20 heavy (non-hydrogen) atoms. The van der Waals surface area contributed by atoms with Crippen molar-refractivity contribution in [3.05, 3.63) is 53.0 Å². The Morgan fingerprint density at radius 1 is 1.15 bits per heavy atom. The van der Waals surface area contributed by atoms with Gasteiger partial charge >= 0.3 is 0 Å². The highest BCUT2D eigenvalue weighted by molar-refractivity contribution is 5.48. The van der Waals surface area contributed by atoms with E-state index in [4.69, 9.17) is 4.42 Å². The number of benzene rings is 1. The first kappa shape index (κ1) is 14.7. The molecule has 3 nitrogen and oxygen atoms in total. The van der Waals surface area contributed by atoms with Crippen molar-refractivity contribution in [1.82, 2.24) is 5.32 Å². The largest absolute Gasteiger partial charge is 0.465 e. The average molecular weight is 272 g/mol. The maximum atomic E-state index is 5.77. The van der Waals surface area contributed by atoms with Gasteiger partial charge in [-0.15, -0.1) is 0 Å². The number of nitrogens with one attached hydrogen (secondary N) is 1. The molecule has 3 heteroatoms. The van der Waals surface area contributed by atoms with E-state index in [9.17, 15) is 0 Å². The fourth-order valence-corrected chi connectivity index (χ4v) is 2.35. The monoisotopic (exact) mass is 272 g/mol. The summed E-state index contributed by atoms with van der Waals surface area (Å²) in [5.74, 6) is 2.01. The Balaban J connectivity index is 2.15. The summed E-state index contributed by atoms with van der Waals surface area (Å²) in [5.41, 5.74) is 3.81. The summed E-state index contributed by atoms with van der Waals surface area (Å²) < 4.78 is 5.77. The number of anilines is 1. The van der Waals surface area contributed by atoms with Gasteiger partial charge < -0.3 is 14.6 Å². The van der Waals surface area contributed by atoms with Crippen molar-refractivity contribution < 1.29 is 4.42 Å². The second kappa shape index (κ2) is 6.62. The van der Waals surface area contributed by atoms with Crippen LogP contribution in [0.3, 0.4) is 0 Å². The van der Waals surface area contributed by atoms with Crippen LogP contribution < -0.4 is 10.2 Å². The topological polar surface area (TPSA) is 28.4 Å². The zero-order chi connectivity index (χ0) is 14.5. The van der Waals surface area contributed by atoms with Crippen LogP contribution in [0.4, 0.5) is 5.69 Å². The van der Waals surface area contributed by atoms with Crippen molar-refractivity contribution in [2.45, 2.75) is 33.9 Å². The predicted octanol–water partition coefficient (Wildman–Crippen LogP) is 3.64. The van der Waals surface area contributed by atoms with E-state index >= 15 is 0 Å². The molecule has 0 spiro atoms. The van der Waals surface area contributed by atoms with Gasteiger partial charge in [-0.2, -0.15) is 0 Å². The van der Waals surface area contributed by atoms with Crippen LogP contribution in [0.2, 0.25) is 0 Å². The molecular weight excluding hydrogens is 248 g/mol. The minimum atomic E-state index is 0.775. The highest BCUT2D eigenvalue weighted by Gasteiger charge is 2.11. The molecule has 0 atom stereocenters. The normalized spacial score (nSPS) is 10.8. The zero-order valence-corrected chi connectivity index (χ0v) is 12.9. The molecule has 0 unspecified atom stereocenters. The van der Waals surface area contributed by atoms with Gasteiger partial charge in [0.05, 0.1) is 6.54 Å². The van der Waals surface area contributed by atoms with E-state index in [1.165, 1.54) is 16.8 Å². The Morgan fingerprint density at radius 2 is 1.85 bits per heavy atom. The van der Waals surface area contributed by atoms with Gasteiger partial charge in [0, 0.05) is 24.3 Å².